The van der Waals surface area contributed by atoms with Gasteiger partial charge in [-0.25, -0.2) is 13.6 Å². The molecule has 1 aliphatic carbocycles. The van der Waals surface area contributed by atoms with Gasteiger partial charge in [0.2, 0.25) is 11.8 Å². The van der Waals surface area contributed by atoms with Gasteiger partial charge in [0.1, 0.15) is 17.0 Å². The molecular formula is C31H36F2N4O3S. The maximum absolute atomic E-state index is 14.9. The first-order valence-corrected chi connectivity index (χ1v) is 15.7. The van der Waals surface area contributed by atoms with Gasteiger partial charge in [-0.05, 0) is 49.3 Å². The van der Waals surface area contributed by atoms with Gasteiger partial charge in [0.15, 0.2) is 0 Å². The fraction of sp³-hybridized carbons (Fsp3) is 0.516. The maximum atomic E-state index is 14.9. The number of likely N-dealkylation sites (tertiary alicyclic amines) is 1. The molecule has 2 atom stereocenters. The largest absolute Gasteiger partial charge is 0.342 e. The smallest absolute Gasteiger partial charge is 0.322 e. The van der Waals surface area contributed by atoms with Gasteiger partial charge in [-0.15, -0.1) is 11.8 Å². The van der Waals surface area contributed by atoms with E-state index in [1.165, 1.54) is 30.3 Å². The predicted octanol–water partition coefficient (Wildman–Crippen LogP) is 5.92. The van der Waals surface area contributed by atoms with Crippen LogP contribution >= 0.6 is 11.8 Å². The van der Waals surface area contributed by atoms with Gasteiger partial charge in [-0.3, -0.25) is 9.59 Å². The molecule has 10 heteroatoms. The summed E-state index contributed by atoms with van der Waals surface area (Å²) < 4.78 is 28.5. The van der Waals surface area contributed by atoms with Crippen molar-refractivity contribution in [2.75, 3.05) is 25.0 Å². The first-order valence-electron chi connectivity index (χ1n) is 14.7. The lowest BCUT2D eigenvalue weighted by molar-refractivity contribution is -0.137. The third-order valence-corrected chi connectivity index (χ3v) is 10.5. The molecule has 1 saturated carbocycles. The molecule has 2 unspecified atom stereocenters. The quantitative estimate of drug-likeness (QED) is 0.459. The van der Waals surface area contributed by atoms with Crippen LogP contribution in [-0.4, -0.2) is 63.5 Å². The first-order chi connectivity index (χ1) is 19.9. The molecule has 218 valence electrons. The summed E-state index contributed by atoms with van der Waals surface area (Å²) in [6.45, 7) is 2.11. The number of hydrogen-bond donors (Lipinski definition) is 1. The van der Waals surface area contributed by atoms with Crippen LogP contribution in [0.4, 0.5) is 19.3 Å². The summed E-state index contributed by atoms with van der Waals surface area (Å²) in [6.07, 6.45) is 6.90. The summed E-state index contributed by atoms with van der Waals surface area (Å²) in [7, 11) is 0. The zero-order valence-electron chi connectivity index (χ0n) is 23.1. The molecule has 2 saturated heterocycles. The Hall–Kier alpha value is -3.14. The Morgan fingerprint density at radius 2 is 1.73 bits per heavy atom. The average molecular weight is 583 g/mol. The summed E-state index contributed by atoms with van der Waals surface area (Å²) in [5.74, 6) is -1.20. The Kier molecular flexibility index (Phi) is 8.19. The molecule has 0 aromatic heterocycles. The topological polar surface area (TPSA) is 73.0 Å². The minimum Gasteiger partial charge on any atom is -0.342 e. The molecule has 2 aromatic carbocycles. The number of urea groups is 1. The number of para-hydroxylation sites is 1. The molecule has 1 N–H and O–H groups in total. The van der Waals surface area contributed by atoms with Crippen LogP contribution < -0.4 is 5.32 Å². The highest BCUT2D eigenvalue weighted by atomic mass is 32.2. The van der Waals surface area contributed by atoms with Gasteiger partial charge in [0.05, 0.1) is 5.25 Å². The van der Waals surface area contributed by atoms with Crippen LogP contribution in [0.2, 0.25) is 0 Å². The number of nitrogens with one attached hydrogen (secondary N) is 1. The van der Waals surface area contributed by atoms with E-state index in [0.717, 1.165) is 43.0 Å². The fourth-order valence-corrected chi connectivity index (χ4v) is 8.21. The van der Waals surface area contributed by atoms with Crippen LogP contribution in [0.3, 0.4) is 0 Å². The summed E-state index contributed by atoms with van der Waals surface area (Å²) in [4.78, 5) is 45.1. The third-order valence-electron chi connectivity index (χ3n) is 9.02. The van der Waals surface area contributed by atoms with Crippen molar-refractivity contribution < 1.29 is 23.2 Å². The first kappa shape index (κ1) is 28.0. The number of carbonyl (C=O) groups is 3. The number of thioether (sulfide) groups is 1. The minimum atomic E-state index is -0.664. The van der Waals surface area contributed by atoms with Crippen molar-refractivity contribution in [3.05, 3.63) is 65.2 Å². The number of benzene rings is 2. The molecule has 0 bridgehead atoms. The lowest BCUT2D eigenvalue weighted by Crippen LogP contribution is -2.51. The number of fused-ring (bicyclic) bond motifs is 1. The number of halogens is 2. The molecule has 0 radical (unpaired) electrons. The predicted molar refractivity (Wildman–Crippen MR) is 154 cm³/mol. The highest BCUT2D eigenvalue weighted by Gasteiger charge is 2.44. The van der Waals surface area contributed by atoms with Gasteiger partial charge >= 0.3 is 6.03 Å². The van der Waals surface area contributed by atoms with Crippen molar-refractivity contribution in [2.45, 2.75) is 74.6 Å². The van der Waals surface area contributed by atoms with Crippen molar-refractivity contribution in [1.82, 2.24) is 14.7 Å². The number of nitrogens with zero attached hydrogens (tertiary/aromatic N) is 3. The third kappa shape index (κ3) is 5.94. The van der Waals surface area contributed by atoms with E-state index in [0.29, 0.717) is 44.9 Å². The Bertz CT molecular complexity index is 1310. The number of rotatable bonds is 6. The molecule has 4 aliphatic rings. The normalized spacial score (nSPS) is 24.0. The van der Waals surface area contributed by atoms with Crippen LogP contribution in [0, 0.1) is 17.6 Å². The van der Waals surface area contributed by atoms with Gasteiger partial charge in [-0.2, -0.15) is 0 Å². The summed E-state index contributed by atoms with van der Waals surface area (Å²) in [5.41, 5.74) is 2.21. The minimum absolute atomic E-state index is 0.0340. The number of carbonyl (C=O) groups excluding carboxylic acids is 3. The van der Waals surface area contributed by atoms with Crippen LogP contribution in [0.15, 0.2) is 42.5 Å². The zero-order valence-corrected chi connectivity index (χ0v) is 23.9. The Morgan fingerprint density at radius 3 is 2.49 bits per heavy atom. The van der Waals surface area contributed by atoms with E-state index >= 15 is 0 Å². The van der Waals surface area contributed by atoms with Gasteiger partial charge in [-0.1, -0.05) is 43.5 Å². The Balaban J connectivity index is 1.09. The highest BCUT2D eigenvalue weighted by Crippen LogP contribution is 2.46. The van der Waals surface area contributed by atoms with E-state index in [1.807, 2.05) is 29.2 Å². The van der Waals surface area contributed by atoms with Gasteiger partial charge < -0.3 is 20.0 Å². The number of amides is 4. The molecule has 0 spiro atoms. The number of piperidine rings is 1. The second-order valence-corrected chi connectivity index (χ2v) is 13.0. The van der Waals surface area contributed by atoms with E-state index in [1.54, 1.807) is 9.80 Å². The Morgan fingerprint density at radius 1 is 0.976 bits per heavy atom. The molecule has 3 fully saturated rings. The zero-order chi connectivity index (χ0) is 28.5. The van der Waals surface area contributed by atoms with Gasteiger partial charge in [0, 0.05) is 56.0 Å². The lowest BCUT2D eigenvalue weighted by atomic mass is 9.88. The summed E-state index contributed by atoms with van der Waals surface area (Å²) >= 11 is 1.30. The Labute approximate surface area is 243 Å². The van der Waals surface area contributed by atoms with Crippen molar-refractivity contribution in [3.8, 4) is 0 Å². The molecule has 2 aromatic rings. The summed E-state index contributed by atoms with van der Waals surface area (Å²) in [5, 5.41) is 1.78. The van der Waals surface area contributed by atoms with E-state index in [4.69, 9.17) is 0 Å². The highest BCUT2D eigenvalue weighted by molar-refractivity contribution is 8.01. The molecule has 7 nitrogen and oxygen atoms in total. The summed E-state index contributed by atoms with van der Waals surface area (Å²) in [6, 6.07) is 11.2. The van der Waals surface area contributed by atoms with Crippen LogP contribution in [0.25, 0.3) is 0 Å². The molecule has 4 amide bonds. The second-order valence-electron chi connectivity index (χ2n) is 11.7. The van der Waals surface area contributed by atoms with Crippen LogP contribution in [0.5, 0.6) is 0 Å². The molecule has 6 rings (SSSR count). The van der Waals surface area contributed by atoms with Crippen LogP contribution in [0.1, 0.15) is 67.9 Å². The standard InChI is InChI=1S/C31H36F2N4O3S/c32-22-10-11-24(25(33)16-22)30-37(18-20-6-2-1-3-7-20)29(39)27(41-30)17-28(38)35-14-12-23(13-15-35)36-19-21-8-4-5-9-26(21)34-31(36)40/h4-5,8-11,16,20,23,27,30H,1-3,6-7,12-15,17-19H2,(H,34,40). The fourth-order valence-electron chi connectivity index (χ4n) is 6.73. The second kappa shape index (κ2) is 12.0. The molecular weight excluding hydrogens is 546 g/mol. The van der Waals surface area contributed by atoms with Crippen molar-refractivity contribution in [3.63, 3.8) is 0 Å². The molecule has 3 aliphatic heterocycles. The van der Waals surface area contributed by atoms with Crippen molar-refractivity contribution in [1.29, 1.82) is 0 Å². The van der Waals surface area contributed by atoms with Gasteiger partial charge in [0.25, 0.3) is 0 Å². The molecule has 3 heterocycles. The van der Waals surface area contributed by atoms with E-state index in [9.17, 15) is 23.2 Å². The monoisotopic (exact) mass is 582 g/mol. The van der Waals surface area contributed by atoms with Crippen LogP contribution in [-0.2, 0) is 16.1 Å². The van der Waals surface area contributed by atoms with Crippen molar-refractivity contribution >= 4 is 35.3 Å². The number of anilines is 1. The van der Waals surface area contributed by atoms with Crippen molar-refractivity contribution in [2.24, 2.45) is 5.92 Å². The van der Waals surface area contributed by atoms with E-state index in [2.05, 4.69) is 5.32 Å². The van der Waals surface area contributed by atoms with E-state index in [-0.39, 0.29) is 35.9 Å². The van der Waals surface area contributed by atoms with E-state index < -0.39 is 22.3 Å². The number of hydrogen-bond acceptors (Lipinski definition) is 4. The maximum Gasteiger partial charge on any atom is 0.322 e. The average Bonchev–Trinajstić information content (AvgIpc) is 3.27. The lowest BCUT2D eigenvalue weighted by Gasteiger charge is -2.40. The molecule has 41 heavy (non-hydrogen) atoms. The SMILES string of the molecule is O=C(CC1SC(c2ccc(F)cc2F)N(CC2CCCCC2)C1=O)N1CCC(N2Cc3ccccc3NC2=O)CC1.